The normalized spacial score (nSPS) is 17.0. The van der Waals surface area contributed by atoms with Crippen LogP contribution in [0.4, 0.5) is 5.69 Å². The highest BCUT2D eigenvalue weighted by molar-refractivity contribution is 6.36. The van der Waals surface area contributed by atoms with Crippen molar-refractivity contribution in [3.63, 3.8) is 0 Å². The number of ketones is 1. The molecule has 1 heterocycles. The smallest absolute Gasteiger partial charge is 0.229 e. The maximum atomic E-state index is 12.5. The molecule has 1 atom stereocenters. The van der Waals surface area contributed by atoms with Crippen molar-refractivity contribution in [2.75, 3.05) is 5.32 Å². The van der Waals surface area contributed by atoms with E-state index in [1.165, 1.54) is 0 Å². The molecular weight excluding hydrogens is 349 g/mol. The minimum Gasteiger partial charge on any atom is -0.325 e. The largest absolute Gasteiger partial charge is 0.325 e. The fourth-order valence-corrected chi connectivity index (χ4v) is 2.78. The Kier molecular flexibility index (Phi) is 4.83. The molecule has 3 rings (SSSR count). The van der Waals surface area contributed by atoms with Crippen molar-refractivity contribution in [3.8, 4) is 0 Å². The monoisotopic (exact) mass is 361 g/mol. The fourth-order valence-electron chi connectivity index (χ4n) is 2.32. The van der Waals surface area contributed by atoms with E-state index in [1.807, 2.05) is 6.07 Å². The summed E-state index contributed by atoms with van der Waals surface area (Å²) >= 11 is 12.0. The minimum absolute atomic E-state index is 0.00720. The minimum atomic E-state index is -0.769. The zero-order valence-corrected chi connectivity index (χ0v) is 13.9. The molecule has 0 saturated carbocycles. The van der Waals surface area contributed by atoms with Crippen LogP contribution >= 0.6 is 23.2 Å². The lowest BCUT2D eigenvalue weighted by molar-refractivity contribution is -0.120. The quantitative estimate of drug-likeness (QED) is 0.821. The number of Topliss-reactive ketones (excluding diaryl/α,β-unsaturated/α-hetero) is 1. The van der Waals surface area contributed by atoms with Crippen molar-refractivity contribution >= 4 is 46.5 Å². The van der Waals surface area contributed by atoms with E-state index in [-0.39, 0.29) is 24.1 Å². The van der Waals surface area contributed by atoms with Gasteiger partial charge in [-0.05, 0) is 18.2 Å². The van der Waals surface area contributed by atoms with E-state index in [9.17, 15) is 9.59 Å². The first-order valence-corrected chi connectivity index (χ1v) is 7.97. The second kappa shape index (κ2) is 7.03. The number of nitrogens with zero attached hydrogens (tertiary/aromatic N) is 1. The summed E-state index contributed by atoms with van der Waals surface area (Å²) in [6.45, 7) is 0. The van der Waals surface area contributed by atoms with Gasteiger partial charge < -0.3 is 5.32 Å². The number of carbonyl (C=O) groups is 2. The first-order chi connectivity index (χ1) is 11.5. The number of aliphatic imine (C=N–C) groups is 1. The van der Waals surface area contributed by atoms with Gasteiger partial charge in [-0.1, -0.05) is 53.5 Å². The molecule has 0 saturated heterocycles. The third kappa shape index (κ3) is 3.75. The molecule has 0 fully saturated rings. The molecule has 0 aromatic heterocycles. The lowest BCUT2D eigenvalue weighted by atomic mass is 10.0. The number of hydrogen-bond donors (Lipinski definition) is 2. The van der Waals surface area contributed by atoms with Gasteiger partial charge in [0, 0.05) is 10.6 Å². The van der Waals surface area contributed by atoms with E-state index < -0.39 is 6.04 Å². The summed E-state index contributed by atoms with van der Waals surface area (Å²) < 4.78 is 0. The van der Waals surface area contributed by atoms with Gasteiger partial charge in [0.1, 0.15) is 6.04 Å². The van der Waals surface area contributed by atoms with Crippen LogP contribution in [0, 0.1) is 0 Å². The van der Waals surface area contributed by atoms with E-state index in [0.717, 1.165) is 0 Å². The number of guanidine groups is 1. The highest BCUT2D eigenvalue weighted by atomic mass is 35.5. The maximum absolute atomic E-state index is 12.5. The summed E-state index contributed by atoms with van der Waals surface area (Å²) in [5.74, 6) is -0.302. The molecular formula is C17H13Cl2N3O2. The maximum Gasteiger partial charge on any atom is 0.229 e. The van der Waals surface area contributed by atoms with Crippen LogP contribution in [0.15, 0.2) is 53.5 Å². The number of benzene rings is 2. The number of carbonyl (C=O) groups excluding carboxylic acids is 2. The van der Waals surface area contributed by atoms with Crippen LogP contribution < -0.4 is 10.6 Å². The van der Waals surface area contributed by atoms with Gasteiger partial charge in [-0.25, -0.2) is 4.99 Å². The molecule has 1 amide bonds. The van der Waals surface area contributed by atoms with E-state index in [4.69, 9.17) is 23.2 Å². The van der Waals surface area contributed by atoms with E-state index in [2.05, 4.69) is 15.6 Å². The molecule has 5 nitrogen and oxygen atoms in total. The van der Waals surface area contributed by atoms with E-state index >= 15 is 0 Å². The van der Waals surface area contributed by atoms with Crippen LogP contribution in [0.25, 0.3) is 0 Å². The Morgan fingerprint density at radius 2 is 1.92 bits per heavy atom. The predicted molar refractivity (Wildman–Crippen MR) is 94.8 cm³/mol. The molecule has 7 heteroatoms. The topological polar surface area (TPSA) is 70.6 Å². The average Bonchev–Trinajstić information content (AvgIpc) is 2.57. The summed E-state index contributed by atoms with van der Waals surface area (Å²) in [6, 6.07) is 12.9. The lowest BCUT2D eigenvalue weighted by Crippen LogP contribution is -2.44. The van der Waals surface area contributed by atoms with Gasteiger partial charge in [0.2, 0.25) is 11.9 Å². The molecule has 1 aliphatic rings. The zero-order chi connectivity index (χ0) is 17.1. The first-order valence-electron chi connectivity index (χ1n) is 7.22. The Morgan fingerprint density at radius 3 is 2.62 bits per heavy atom. The fraction of sp³-hybridized carbons (Fsp3) is 0.118. The molecule has 24 heavy (non-hydrogen) atoms. The summed E-state index contributed by atoms with van der Waals surface area (Å²) in [5, 5.41) is 6.40. The molecule has 2 aromatic carbocycles. The second-order valence-electron chi connectivity index (χ2n) is 5.23. The van der Waals surface area contributed by atoms with Crippen LogP contribution in [0.2, 0.25) is 10.0 Å². The Hall–Kier alpha value is -2.37. The summed E-state index contributed by atoms with van der Waals surface area (Å²) in [5.41, 5.74) is 1.05. The summed E-state index contributed by atoms with van der Waals surface area (Å²) in [6.07, 6.45) is 0.00720. The number of nitrogens with one attached hydrogen (secondary N) is 2. The van der Waals surface area contributed by atoms with Crippen LogP contribution in [0.3, 0.4) is 0 Å². The van der Waals surface area contributed by atoms with Crippen molar-refractivity contribution in [2.24, 2.45) is 4.99 Å². The predicted octanol–water partition coefficient (Wildman–Crippen LogP) is 3.53. The van der Waals surface area contributed by atoms with Crippen LogP contribution in [-0.4, -0.2) is 23.7 Å². The van der Waals surface area contributed by atoms with Crippen LogP contribution in [0.5, 0.6) is 0 Å². The number of halogens is 2. The van der Waals surface area contributed by atoms with Crippen molar-refractivity contribution < 1.29 is 9.59 Å². The molecule has 0 bridgehead atoms. The van der Waals surface area contributed by atoms with Gasteiger partial charge >= 0.3 is 0 Å². The van der Waals surface area contributed by atoms with Gasteiger partial charge in [-0.2, -0.15) is 0 Å². The number of rotatable bonds is 3. The molecule has 0 aliphatic carbocycles. The second-order valence-corrected chi connectivity index (χ2v) is 6.07. The van der Waals surface area contributed by atoms with E-state index in [1.54, 1.807) is 42.5 Å². The summed E-state index contributed by atoms with van der Waals surface area (Å²) in [7, 11) is 0. The van der Waals surface area contributed by atoms with Gasteiger partial charge in [-0.15, -0.1) is 0 Å². The molecule has 122 valence electrons. The highest BCUT2D eigenvalue weighted by Crippen LogP contribution is 2.25. The van der Waals surface area contributed by atoms with Gasteiger partial charge in [0.15, 0.2) is 5.78 Å². The third-order valence-electron chi connectivity index (χ3n) is 3.47. The standard InChI is InChI=1S/C17H13Cl2N3O2/c18-11-6-7-13(12(19)8-11)20-17-21-14(9-15(23)22-17)16(24)10-4-2-1-3-5-10/h1-8,14H,9H2,(H2,20,21,22,23). The van der Waals surface area contributed by atoms with Gasteiger partial charge in [-0.3, -0.25) is 14.9 Å². The van der Waals surface area contributed by atoms with Crippen LogP contribution in [0.1, 0.15) is 16.8 Å². The van der Waals surface area contributed by atoms with Crippen molar-refractivity contribution in [1.82, 2.24) is 5.32 Å². The van der Waals surface area contributed by atoms with Gasteiger partial charge in [0.25, 0.3) is 0 Å². The number of anilines is 1. The number of hydrogen-bond acceptors (Lipinski definition) is 4. The highest BCUT2D eigenvalue weighted by Gasteiger charge is 2.27. The first kappa shape index (κ1) is 16.5. The average molecular weight is 362 g/mol. The Bertz CT molecular complexity index is 822. The summed E-state index contributed by atoms with van der Waals surface area (Å²) in [4.78, 5) is 28.7. The SMILES string of the molecule is O=C1CC(C(=O)c2ccccc2)N=C(Nc2ccc(Cl)cc2Cl)N1. The molecule has 0 spiro atoms. The third-order valence-corrected chi connectivity index (χ3v) is 4.01. The Labute approximate surface area is 148 Å². The van der Waals surface area contributed by atoms with E-state index in [0.29, 0.717) is 21.3 Å². The zero-order valence-electron chi connectivity index (χ0n) is 12.4. The van der Waals surface area contributed by atoms with Crippen molar-refractivity contribution in [3.05, 3.63) is 64.1 Å². The molecule has 1 aliphatic heterocycles. The Balaban J connectivity index is 1.83. The van der Waals surface area contributed by atoms with Crippen LogP contribution in [-0.2, 0) is 4.79 Å². The molecule has 1 unspecified atom stereocenters. The lowest BCUT2D eigenvalue weighted by Gasteiger charge is -2.21. The van der Waals surface area contributed by atoms with Gasteiger partial charge in [0.05, 0.1) is 17.1 Å². The molecule has 2 aromatic rings. The van der Waals surface area contributed by atoms with Crippen molar-refractivity contribution in [1.29, 1.82) is 0 Å². The molecule has 0 radical (unpaired) electrons. The number of amides is 1. The van der Waals surface area contributed by atoms with Crippen molar-refractivity contribution in [2.45, 2.75) is 12.5 Å². The Morgan fingerprint density at radius 1 is 1.17 bits per heavy atom. The molecule has 2 N–H and O–H groups in total.